The molecule has 7 nitrogen and oxygen atoms in total. The number of unbranched alkanes of at least 4 members (excludes halogenated alkanes) is 1. The summed E-state index contributed by atoms with van der Waals surface area (Å²) in [5.41, 5.74) is 1.74. The largest absolute Gasteiger partial charge is 0.459 e. The first-order chi connectivity index (χ1) is 14.5. The summed E-state index contributed by atoms with van der Waals surface area (Å²) in [6.45, 7) is 2.12. The number of terminal acetylenes is 1. The minimum absolute atomic E-state index is 0.0859. The first-order valence-electron chi connectivity index (χ1n) is 9.98. The monoisotopic (exact) mass is 410 g/mol. The van der Waals surface area contributed by atoms with E-state index in [2.05, 4.69) is 11.2 Å². The molecule has 1 aliphatic rings. The van der Waals surface area contributed by atoms with E-state index in [4.69, 9.17) is 21.0 Å². The van der Waals surface area contributed by atoms with Crippen molar-refractivity contribution in [1.29, 1.82) is 0 Å². The van der Waals surface area contributed by atoms with Gasteiger partial charge < -0.3 is 19.9 Å². The normalized spacial score (nSPS) is 18.4. The molecule has 0 fully saturated rings. The van der Waals surface area contributed by atoms with Crippen LogP contribution in [0.3, 0.4) is 0 Å². The maximum atomic E-state index is 12.5. The number of amides is 1. The lowest BCUT2D eigenvalue weighted by molar-refractivity contribution is -0.146. The molecule has 1 amide bonds. The van der Waals surface area contributed by atoms with Gasteiger partial charge in [-0.25, -0.2) is 0 Å². The molecule has 0 saturated heterocycles. The van der Waals surface area contributed by atoms with E-state index < -0.39 is 12.2 Å². The quantitative estimate of drug-likeness (QED) is 0.516. The van der Waals surface area contributed by atoms with Gasteiger partial charge in [-0.05, 0) is 30.5 Å². The Hall–Kier alpha value is -3.08. The Morgan fingerprint density at radius 2 is 2.17 bits per heavy atom. The van der Waals surface area contributed by atoms with E-state index in [1.54, 1.807) is 10.6 Å². The molecule has 0 aliphatic carbocycles. The number of hydrogen-bond acceptors (Lipinski definition) is 5. The highest BCUT2D eigenvalue weighted by atomic mass is 16.7. The van der Waals surface area contributed by atoms with Gasteiger partial charge in [-0.3, -0.25) is 14.2 Å². The zero-order valence-electron chi connectivity index (χ0n) is 17.0. The number of carbonyl (C=O) groups is 2. The van der Waals surface area contributed by atoms with E-state index in [9.17, 15) is 9.59 Å². The van der Waals surface area contributed by atoms with Gasteiger partial charge in [0.05, 0.1) is 18.7 Å². The molecule has 2 heterocycles. The van der Waals surface area contributed by atoms with Crippen molar-refractivity contribution in [3.63, 3.8) is 0 Å². The van der Waals surface area contributed by atoms with E-state index in [0.717, 1.165) is 16.5 Å². The molecule has 158 valence electrons. The van der Waals surface area contributed by atoms with Crippen LogP contribution in [0.2, 0.25) is 0 Å². The van der Waals surface area contributed by atoms with Crippen molar-refractivity contribution in [2.75, 3.05) is 19.8 Å². The van der Waals surface area contributed by atoms with Crippen LogP contribution >= 0.6 is 0 Å². The molecule has 1 aromatic carbocycles. The third-order valence-corrected chi connectivity index (χ3v) is 4.97. The SMILES string of the molecule is C#CCNC(=O)C1=C[C@H](c2cn(C(C)=O)c3ccccc23)C[C@H](OCCCCO)O1. The summed E-state index contributed by atoms with van der Waals surface area (Å²) < 4.78 is 13.2. The number of nitrogens with zero attached hydrogens (tertiary/aromatic N) is 1. The van der Waals surface area contributed by atoms with Gasteiger partial charge in [0.25, 0.3) is 5.91 Å². The second-order valence-corrected chi connectivity index (χ2v) is 7.10. The Kier molecular flexibility index (Phi) is 7.28. The highest BCUT2D eigenvalue weighted by Crippen LogP contribution is 2.36. The number of benzene rings is 1. The van der Waals surface area contributed by atoms with Crippen molar-refractivity contribution >= 4 is 22.7 Å². The topological polar surface area (TPSA) is 89.8 Å². The molecule has 2 N–H and O–H groups in total. The van der Waals surface area contributed by atoms with Gasteiger partial charge in [0.1, 0.15) is 0 Å². The zero-order valence-corrected chi connectivity index (χ0v) is 17.0. The molecule has 7 heteroatoms. The highest BCUT2D eigenvalue weighted by molar-refractivity contribution is 5.95. The Labute approximate surface area is 175 Å². The van der Waals surface area contributed by atoms with Crippen molar-refractivity contribution in [3.8, 4) is 12.3 Å². The molecule has 30 heavy (non-hydrogen) atoms. The molecular weight excluding hydrogens is 384 g/mol. The maximum absolute atomic E-state index is 12.5. The fourth-order valence-corrected chi connectivity index (χ4v) is 3.54. The molecule has 2 aromatic rings. The average Bonchev–Trinajstić information content (AvgIpc) is 3.15. The van der Waals surface area contributed by atoms with Gasteiger partial charge in [0, 0.05) is 37.5 Å². The summed E-state index contributed by atoms with van der Waals surface area (Å²) in [5, 5.41) is 12.5. The second-order valence-electron chi connectivity index (χ2n) is 7.10. The van der Waals surface area contributed by atoms with Crippen LogP contribution in [0.4, 0.5) is 0 Å². The zero-order chi connectivity index (χ0) is 21.5. The van der Waals surface area contributed by atoms with Gasteiger partial charge in [-0.15, -0.1) is 6.42 Å². The van der Waals surface area contributed by atoms with Crippen LogP contribution in [0.5, 0.6) is 0 Å². The van der Waals surface area contributed by atoms with E-state index >= 15 is 0 Å². The van der Waals surface area contributed by atoms with Gasteiger partial charge in [-0.1, -0.05) is 24.1 Å². The van der Waals surface area contributed by atoms with E-state index in [0.29, 0.717) is 25.9 Å². The van der Waals surface area contributed by atoms with Crippen molar-refractivity contribution in [2.45, 2.75) is 38.4 Å². The molecule has 0 bridgehead atoms. The Bertz CT molecular complexity index is 985. The smallest absolute Gasteiger partial charge is 0.286 e. The van der Waals surface area contributed by atoms with Crippen LogP contribution in [0.1, 0.15) is 42.5 Å². The number of carbonyl (C=O) groups excluding carboxylic acids is 2. The highest BCUT2D eigenvalue weighted by Gasteiger charge is 2.30. The molecule has 0 radical (unpaired) electrons. The Balaban J connectivity index is 1.93. The summed E-state index contributed by atoms with van der Waals surface area (Å²) in [6, 6.07) is 7.66. The summed E-state index contributed by atoms with van der Waals surface area (Å²) in [6.07, 6.45) is 10.0. The molecule has 2 atom stereocenters. The average molecular weight is 410 g/mol. The van der Waals surface area contributed by atoms with Crippen molar-refractivity contribution in [1.82, 2.24) is 9.88 Å². The maximum Gasteiger partial charge on any atom is 0.286 e. The molecule has 1 aromatic heterocycles. The third-order valence-electron chi connectivity index (χ3n) is 4.97. The predicted molar refractivity (Wildman–Crippen MR) is 113 cm³/mol. The standard InChI is InChI=1S/C23H26N2O5/c1-3-10-24-23(28)21-13-17(14-22(30-21)29-12-7-6-11-26)19-15-25(16(2)27)20-9-5-4-8-18(19)20/h1,4-5,8-9,13,15,17,22,26H,6-7,10-12,14H2,2H3,(H,24,28)/t17-,22+/m0/s1. The fraction of sp³-hybridized carbons (Fsp3) is 0.391. The van der Waals surface area contributed by atoms with Crippen LogP contribution in [0.15, 0.2) is 42.3 Å². The molecule has 0 saturated carbocycles. The fourth-order valence-electron chi connectivity index (χ4n) is 3.54. The van der Waals surface area contributed by atoms with Crippen LogP contribution in [-0.2, 0) is 14.3 Å². The van der Waals surface area contributed by atoms with Gasteiger partial charge in [0.2, 0.25) is 12.2 Å². The number of aromatic nitrogens is 1. The Morgan fingerprint density at radius 1 is 1.37 bits per heavy atom. The summed E-state index contributed by atoms with van der Waals surface area (Å²) in [4.78, 5) is 24.6. The number of para-hydroxylation sites is 1. The van der Waals surface area contributed by atoms with Crippen molar-refractivity contribution < 1.29 is 24.2 Å². The summed E-state index contributed by atoms with van der Waals surface area (Å²) >= 11 is 0. The van der Waals surface area contributed by atoms with Crippen molar-refractivity contribution in [3.05, 3.63) is 47.9 Å². The lowest BCUT2D eigenvalue weighted by Gasteiger charge is -2.29. The van der Waals surface area contributed by atoms with Gasteiger partial charge in [0.15, 0.2) is 5.76 Å². The van der Waals surface area contributed by atoms with Gasteiger partial charge in [-0.2, -0.15) is 0 Å². The third kappa shape index (κ3) is 4.90. The number of hydrogen-bond donors (Lipinski definition) is 2. The number of ether oxygens (including phenoxy) is 2. The number of fused-ring (bicyclic) bond motifs is 1. The predicted octanol–water partition coefficient (Wildman–Crippen LogP) is 2.55. The summed E-state index contributed by atoms with van der Waals surface area (Å²) in [7, 11) is 0. The Morgan fingerprint density at radius 3 is 2.90 bits per heavy atom. The summed E-state index contributed by atoms with van der Waals surface area (Å²) in [5.74, 6) is 1.84. The minimum atomic E-state index is -0.621. The molecular formula is C23H26N2O5. The van der Waals surface area contributed by atoms with Gasteiger partial charge >= 0.3 is 0 Å². The lowest BCUT2D eigenvalue weighted by Crippen LogP contribution is -2.33. The molecule has 3 rings (SSSR count). The number of nitrogens with one attached hydrogen (secondary N) is 1. The number of rotatable bonds is 8. The second kappa shape index (κ2) is 10.1. The van der Waals surface area contributed by atoms with Crippen LogP contribution in [0, 0.1) is 12.3 Å². The first-order valence-corrected chi connectivity index (χ1v) is 9.98. The molecule has 0 spiro atoms. The van der Waals surface area contributed by atoms with E-state index in [1.807, 2.05) is 30.5 Å². The van der Waals surface area contributed by atoms with Crippen LogP contribution in [0.25, 0.3) is 10.9 Å². The number of aliphatic hydroxyl groups excluding tert-OH is 1. The molecule has 0 unspecified atom stereocenters. The lowest BCUT2D eigenvalue weighted by atomic mass is 9.92. The first kappa shape index (κ1) is 21.6. The number of allylic oxidation sites excluding steroid dienone is 1. The van der Waals surface area contributed by atoms with Crippen LogP contribution < -0.4 is 5.32 Å². The number of aliphatic hydroxyl groups is 1. The minimum Gasteiger partial charge on any atom is -0.459 e. The molecule has 1 aliphatic heterocycles. The van der Waals surface area contributed by atoms with E-state index in [1.165, 1.54) is 6.92 Å². The van der Waals surface area contributed by atoms with Crippen molar-refractivity contribution in [2.24, 2.45) is 0 Å². The van der Waals surface area contributed by atoms with Crippen LogP contribution in [-0.4, -0.2) is 47.5 Å². The van der Waals surface area contributed by atoms with E-state index in [-0.39, 0.29) is 30.7 Å².